The van der Waals surface area contributed by atoms with Gasteiger partial charge in [0.05, 0.1) is 18.1 Å². The first-order valence-corrected chi connectivity index (χ1v) is 9.61. The lowest BCUT2D eigenvalue weighted by Crippen LogP contribution is -2.53. The average Bonchev–Trinajstić information content (AvgIpc) is 2.95. The number of aliphatic hydroxyl groups excluding tert-OH is 1. The predicted molar refractivity (Wildman–Crippen MR) is 98.4 cm³/mol. The maximum atomic E-state index is 13.0. The van der Waals surface area contributed by atoms with Crippen LogP contribution in [0, 0.1) is 23.2 Å². The van der Waals surface area contributed by atoms with Gasteiger partial charge in [-0.15, -0.1) is 0 Å². The van der Waals surface area contributed by atoms with E-state index in [1.807, 2.05) is 20.8 Å². The van der Waals surface area contributed by atoms with Crippen molar-refractivity contribution in [3.8, 4) is 0 Å². The number of carbonyl (C=O) groups is 1. The SMILES string of the molecule is COC[C@@]1(O)CC[C@@H]2/C1=C\[C@@]1(C)C(=O)C=C(C(C)C)[C@@]1(O)C[C@H](O)[C@@H]2C. The summed E-state index contributed by atoms with van der Waals surface area (Å²) in [5.41, 5.74) is -2.39. The minimum Gasteiger partial charge on any atom is -0.393 e. The molecule has 0 aromatic heterocycles. The summed E-state index contributed by atoms with van der Waals surface area (Å²) in [4.78, 5) is 13.0. The van der Waals surface area contributed by atoms with Crippen LogP contribution >= 0.6 is 0 Å². The quantitative estimate of drug-likeness (QED) is 0.667. The highest BCUT2D eigenvalue weighted by Gasteiger charge is 2.61. The number of ketones is 1. The van der Waals surface area contributed by atoms with E-state index in [1.54, 1.807) is 26.2 Å². The van der Waals surface area contributed by atoms with Gasteiger partial charge in [0.2, 0.25) is 0 Å². The zero-order valence-electron chi connectivity index (χ0n) is 16.5. The number of allylic oxidation sites excluding steroid dienone is 1. The van der Waals surface area contributed by atoms with Crippen molar-refractivity contribution in [1.29, 1.82) is 0 Å². The van der Waals surface area contributed by atoms with Crippen LogP contribution in [0.1, 0.15) is 47.0 Å². The van der Waals surface area contributed by atoms with E-state index in [9.17, 15) is 20.1 Å². The molecule has 0 aliphatic heterocycles. The molecule has 0 spiro atoms. The number of hydrogen-bond acceptors (Lipinski definition) is 5. The summed E-state index contributed by atoms with van der Waals surface area (Å²) in [5.74, 6) is -0.320. The molecule has 0 unspecified atom stereocenters. The molecule has 6 atom stereocenters. The molecule has 1 fully saturated rings. The molecular formula is C21H32O5. The van der Waals surface area contributed by atoms with Gasteiger partial charge in [0.1, 0.15) is 11.2 Å². The van der Waals surface area contributed by atoms with Crippen LogP contribution in [0.2, 0.25) is 0 Å². The second-order valence-electron chi connectivity index (χ2n) is 9.02. The third kappa shape index (κ3) is 2.55. The van der Waals surface area contributed by atoms with E-state index < -0.39 is 22.7 Å². The molecule has 5 heteroatoms. The highest BCUT2D eigenvalue weighted by Crippen LogP contribution is 2.56. The zero-order valence-corrected chi connectivity index (χ0v) is 16.5. The molecule has 3 aliphatic carbocycles. The average molecular weight is 364 g/mol. The predicted octanol–water partition coefficient (Wildman–Crippen LogP) is 2.00. The Labute approximate surface area is 155 Å². The van der Waals surface area contributed by atoms with Gasteiger partial charge in [-0.2, -0.15) is 0 Å². The molecule has 0 aromatic rings. The van der Waals surface area contributed by atoms with Crippen LogP contribution in [0.25, 0.3) is 0 Å². The Balaban J connectivity index is 2.21. The van der Waals surface area contributed by atoms with Gasteiger partial charge in [0.15, 0.2) is 5.78 Å². The van der Waals surface area contributed by atoms with Gasteiger partial charge in [-0.25, -0.2) is 0 Å². The Morgan fingerprint density at radius 2 is 2.00 bits per heavy atom. The van der Waals surface area contributed by atoms with Gasteiger partial charge in [0, 0.05) is 13.5 Å². The smallest absolute Gasteiger partial charge is 0.168 e. The highest BCUT2D eigenvalue weighted by molar-refractivity contribution is 6.02. The number of rotatable bonds is 3. The molecule has 0 bridgehead atoms. The minimum absolute atomic E-state index is 0.0108. The zero-order chi connectivity index (χ0) is 19.5. The normalized spacial score (nSPS) is 47.7. The third-order valence-electron chi connectivity index (χ3n) is 7.14. The first kappa shape index (κ1) is 19.7. The van der Waals surface area contributed by atoms with Crippen LogP contribution in [0.4, 0.5) is 0 Å². The molecule has 0 radical (unpaired) electrons. The maximum Gasteiger partial charge on any atom is 0.168 e. The Morgan fingerprint density at radius 3 is 2.58 bits per heavy atom. The van der Waals surface area contributed by atoms with E-state index in [4.69, 9.17) is 4.74 Å². The Kier molecular flexibility index (Phi) is 4.76. The lowest BCUT2D eigenvalue weighted by atomic mass is 9.62. The maximum absolute atomic E-state index is 13.0. The van der Waals surface area contributed by atoms with E-state index in [-0.39, 0.29) is 36.6 Å². The van der Waals surface area contributed by atoms with E-state index in [0.29, 0.717) is 12.0 Å². The van der Waals surface area contributed by atoms with Gasteiger partial charge in [0.25, 0.3) is 0 Å². The summed E-state index contributed by atoms with van der Waals surface area (Å²) in [7, 11) is 1.55. The Morgan fingerprint density at radius 1 is 1.35 bits per heavy atom. The molecule has 1 saturated carbocycles. The molecule has 3 aliphatic rings. The summed E-state index contributed by atoms with van der Waals surface area (Å²) in [5, 5.41) is 33.8. The molecule has 0 aromatic carbocycles. The second kappa shape index (κ2) is 6.26. The summed E-state index contributed by atoms with van der Waals surface area (Å²) >= 11 is 0. The fourth-order valence-corrected chi connectivity index (χ4v) is 5.37. The number of ether oxygens (including phenoxy) is 1. The molecule has 146 valence electrons. The van der Waals surface area contributed by atoms with E-state index in [2.05, 4.69) is 0 Å². The standard InChI is InChI=1S/C21H32O5/c1-12(2)15-8-18(23)19(4)9-16-14(6-7-20(16,24)11-26-5)13(3)17(22)10-21(15,19)25/h8-9,12-14,17,22,24-25H,6-7,10-11H2,1-5H3/b16-9+/t13-,14+,17+,19+,20+,21+/m1/s1. The van der Waals surface area contributed by atoms with E-state index in [0.717, 1.165) is 12.0 Å². The fourth-order valence-electron chi connectivity index (χ4n) is 5.37. The number of carbonyl (C=O) groups excluding carboxylic acids is 1. The van der Waals surface area contributed by atoms with Crippen LogP contribution in [0.5, 0.6) is 0 Å². The van der Waals surface area contributed by atoms with Crippen LogP contribution in [0.15, 0.2) is 23.3 Å². The Hall–Kier alpha value is -1.01. The number of aliphatic hydroxyl groups is 3. The molecular weight excluding hydrogens is 332 g/mol. The molecule has 5 nitrogen and oxygen atoms in total. The number of fused-ring (bicyclic) bond motifs is 2. The molecule has 3 rings (SSSR count). The molecule has 0 heterocycles. The topological polar surface area (TPSA) is 87.0 Å². The van der Waals surface area contributed by atoms with Gasteiger partial charge >= 0.3 is 0 Å². The van der Waals surface area contributed by atoms with Crippen molar-refractivity contribution in [2.45, 2.75) is 64.3 Å². The third-order valence-corrected chi connectivity index (χ3v) is 7.14. The molecule has 3 N–H and O–H groups in total. The Bertz CT molecular complexity index is 665. The van der Waals surface area contributed by atoms with Crippen molar-refractivity contribution in [3.05, 3.63) is 23.3 Å². The minimum atomic E-state index is -1.44. The largest absolute Gasteiger partial charge is 0.393 e. The van der Waals surface area contributed by atoms with Crippen molar-refractivity contribution < 1.29 is 24.9 Å². The summed E-state index contributed by atoms with van der Waals surface area (Å²) < 4.78 is 5.25. The van der Waals surface area contributed by atoms with Gasteiger partial charge in [-0.05, 0) is 54.7 Å². The molecule has 0 amide bonds. The summed E-state index contributed by atoms with van der Waals surface area (Å²) in [6, 6.07) is 0. The monoisotopic (exact) mass is 364 g/mol. The molecule has 0 saturated heterocycles. The fraction of sp³-hybridized carbons (Fsp3) is 0.762. The van der Waals surface area contributed by atoms with Crippen LogP contribution in [0.3, 0.4) is 0 Å². The summed E-state index contributed by atoms with van der Waals surface area (Å²) in [6.07, 6.45) is 3.98. The van der Waals surface area contributed by atoms with Gasteiger partial charge in [-0.1, -0.05) is 26.8 Å². The van der Waals surface area contributed by atoms with Crippen molar-refractivity contribution in [2.75, 3.05) is 13.7 Å². The second-order valence-corrected chi connectivity index (χ2v) is 9.02. The lowest BCUT2D eigenvalue weighted by Gasteiger charge is -2.46. The van der Waals surface area contributed by atoms with Gasteiger partial charge < -0.3 is 20.1 Å². The first-order valence-electron chi connectivity index (χ1n) is 9.61. The van der Waals surface area contributed by atoms with Crippen LogP contribution in [-0.2, 0) is 9.53 Å². The van der Waals surface area contributed by atoms with Crippen molar-refractivity contribution in [1.82, 2.24) is 0 Å². The van der Waals surface area contributed by atoms with Crippen molar-refractivity contribution in [2.24, 2.45) is 23.2 Å². The van der Waals surface area contributed by atoms with Crippen molar-refractivity contribution >= 4 is 5.78 Å². The van der Waals surface area contributed by atoms with Crippen molar-refractivity contribution in [3.63, 3.8) is 0 Å². The molecule has 26 heavy (non-hydrogen) atoms. The van der Waals surface area contributed by atoms with E-state index in [1.165, 1.54) is 0 Å². The van der Waals surface area contributed by atoms with Gasteiger partial charge in [-0.3, -0.25) is 4.79 Å². The summed E-state index contributed by atoms with van der Waals surface area (Å²) in [6.45, 7) is 7.74. The number of hydrogen-bond donors (Lipinski definition) is 3. The lowest BCUT2D eigenvalue weighted by molar-refractivity contribution is -0.132. The first-order chi connectivity index (χ1) is 12.0. The highest BCUT2D eigenvalue weighted by atomic mass is 16.5. The number of methoxy groups -OCH3 is 1. The van der Waals surface area contributed by atoms with Crippen LogP contribution < -0.4 is 0 Å². The van der Waals surface area contributed by atoms with Crippen LogP contribution in [-0.4, -0.2) is 52.1 Å². The van der Waals surface area contributed by atoms with E-state index >= 15 is 0 Å².